The number of aryl methyl sites for hydroxylation is 1. The maximum Gasteiger partial charge on any atom is 0.241 e. The predicted molar refractivity (Wildman–Crippen MR) is 96.7 cm³/mol. The number of amides is 2. The highest BCUT2D eigenvalue weighted by molar-refractivity contribution is 5.85. The van der Waals surface area contributed by atoms with Gasteiger partial charge in [-0.1, -0.05) is 30.2 Å². The standard InChI is InChI=1S/C20H25N3O2/c1-2-11-23(18-10-9-16-7-3-4-8-17(16)18)15-19(24)21-14-20(25)22-12-5-6-13-22/h1,3-4,7-8,18H,5-6,9-15H2,(H,21,24)/t18-/m0/s1. The highest BCUT2D eigenvalue weighted by atomic mass is 16.2. The second-order valence-corrected chi connectivity index (χ2v) is 6.73. The average molecular weight is 339 g/mol. The van der Waals surface area contributed by atoms with Crippen LogP contribution in [0.5, 0.6) is 0 Å². The van der Waals surface area contributed by atoms with Gasteiger partial charge in [0.1, 0.15) is 0 Å². The number of hydrogen-bond donors (Lipinski definition) is 1. The van der Waals surface area contributed by atoms with Crippen molar-refractivity contribution in [1.29, 1.82) is 0 Å². The summed E-state index contributed by atoms with van der Waals surface area (Å²) in [6.07, 6.45) is 9.60. The van der Waals surface area contributed by atoms with E-state index in [1.165, 1.54) is 11.1 Å². The number of nitrogens with zero attached hydrogens (tertiary/aromatic N) is 2. The van der Waals surface area contributed by atoms with Crippen LogP contribution >= 0.6 is 0 Å². The second-order valence-electron chi connectivity index (χ2n) is 6.73. The lowest BCUT2D eigenvalue weighted by atomic mass is 10.1. The van der Waals surface area contributed by atoms with Crippen molar-refractivity contribution < 1.29 is 9.59 Å². The lowest BCUT2D eigenvalue weighted by Crippen LogP contribution is -2.43. The molecule has 0 aromatic heterocycles. The molecular weight excluding hydrogens is 314 g/mol. The van der Waals surface area contributed by atoms with Gasteiger partial charge in [0.25, 0.3) is 0 Å². The molecule has 2 aliphatic rings. The van der Waals surface area contributed by atoms with Crippen molar-refractivity contribution in [3.8, 4) is 12.3 Å². The molecule has 5 nitrogen and oxygen atoms in total. The Hall–Kier alpha value is -2.32. The Bertz CT molecular complexity index is 674. The third-order valence-corrected chi connectivity index (χ3v) is 5.08. The van der Waals surface area contributed by atoms with E-state index in [4.69, 9.17) is 6.42 Å². The van der Waals surface area contributed by atoms with Crippen LogP contribution in [0.4, 0.5) is 0 Å². The van der Waals surface area contributed by atoms with Crippen LogP contribution in [0.2, 0.25) is 0 Å². The zero-order chi connectivity index (χ0) is 17.6. The first-order chi connectivity index (χ1) is 12.2. The highest BCUT2D eigenvalue weighted by Crippen LogP contribution is 2.35. The monoisotopic (exact) mass is 339 g/mol. The summed E-state index contributed by atoms with van der Waals surface area (Å²) >= 11 is 0. The fourth-order valence-electron chi connectivity index (χ4n) is 3.80. The number of fused-ring (bicyclic) bond motifs is 1. The van der Waals surface area contributed by atoms with Crippen molar-refractivity contribution in [3.63, 3.8) is 0 Å². The quantitative estimate of drug-likeness (QED) is 0.796. The smallest absolute Gasteiger partial charge is 0.241 e. The molecule has 1 aromatic rings. The van der Waals surface area contributed by atoms with E-state index in [1.807, 2.05) is 21.9 Å². The van der Waals surface area contributed by atoms with Gasteiger partial charge in [-0.2, -0.15) is 0 Å². The first-order valence-corrected chi connectivity index (χ1v) is 8.99. The molecule has 1 atom stereocenters. The van der Waals surface area contributed by atoms with Crippen molar-refractivity contribution in [2.75, 3.05) is 32.7 Å². The Morgan fingerprint density at radius 2 is 2.04 bits per heavy atom. The molecule has 3 rings (SSSR count). The Kier molecular flexibility index (Phi) is 5.72. The Morgan fingerprint density at radius 3 is 2.80 bits per heavy atom. The molecule has 0 bridgehead atoms. The summed E-state index contributed by atoms with van der Waals surface area (Å²) in [5, 5.41) is 2.76. The van der Waals surface area contributed by atoms with Gasteiger partial charge >= 0.3 is 0 Å². The van der Waals surface area contributed by atoms with Crippen LogP contribution in [0.1, 0.15) is 36.4 Å². The minimum Gasteiger partial charge on any atom is -0.346 e. The molecule has 132 valence electrons. The van der Waals surface area contributed by atoms with Crippen LogP contribution in [-0.4, -0.2) is 54.3 Å². The van der Waals surface area contributed by atoms with Crippen molar-refractivity contribution in [2.45, 2.75) is 31.7 Å². The van der Waals surface area contributed by atoms with Crippen molar-refractivity contribution in [3.05, 3.63) is 35.4 Å². The van der Waals surface area contributed by atoms with E-state index in [2.05, 4.69) is 23.4 Å². The first-order valence-electron chi connectivity index (χ1n) is 8.99. The maximum atomic E-state index is 12.3. The van der Waals surface area contributed by atoms with Crippen LogP contribution in [0.25, 0.3) is 0 Å². The van der Waals surface area contributed by atoms with E-state index >= 15 is 0 Å². The van der Waals surface area contributed by atoms with Crippen LogP contribution in [0.15, 0.2) is 24.3 Å². The van der Waals surface area contributed by atoms with Crippen LogP contribution in [0, 0.1) is 12.3 Å². The van der Waals surface area contributed by atoms with Gasteiger partial charge in [0.2, 0.25) is 11.8 Å². The lowest BCUT2D eigenvalue weighted by molar-refractivity contribution is -0.132. The summed E-state index contributed by atoms with van der Waals surface area (Å²) < 4.78 is 0. The van der Waals surface area contributed by atoms with Gasteiger partial charge < -0.3 is 10.2 Å². The number of rotatable bonds is 6. The zero-order valence-corrected chi connectivity index (χ0v) is 14.5. The molecule has 5 heteroatoms. The normalized spacial score (nSPS) is 18.9. The van der Waals surface area contributed by atoms with Crippen molar-refractivity contribution in [1.82, 2.24) is 15.1 Å². The maximum absolute atomic E-state index is 12.3. The molecule has 0 saturated carbocycles. The van der Waals surface area contributed by atoms with E-state index in [-0.39, 0.29) is 30.9 Å². The number of terminal acetylenes is 1. The fraction of sp³-hybridized carbons (Fsp3) is 0.500. The van der Waals surface area contributed by atoms with Gasteiger partial charge in [-0.15, -0.1) is 6.42 Å². The molecule has 1 fully saturated rings. The molecule has 1 heterocycles. The number of hydrogen-bond acceptors (Lipinski definition) is 3. The molecule has 0 unspecified atom stereocenters. The Labute approximate surface area is 149 Å². The fourth-order valence-corrected chi connectivity index (χ4v) is 3.80. The molecular formula is C20H25N3O2. The van der Waals surface area contributed by atoms with Crippen molar-refractivity contribution in [2.24, 2.45) is 0 Å². The van der Waals surface area contributed by atoms with Crippen LogP contribution < -0.4 is 5.32 Å². The summed E-state index contributed by atoms with van der Waals surface area (Å²) in [5.74, 6) is 2.52. The number of benzene rings is 1. The topological polar surface area (TPSA) is 52.7 Å². The molecule has 1 saturated heterocycles. The summed E-state index contributed by atoms with van der Waals surface area (Å²) in [6, 6.07) is 8.50. The number of carbonyl (C=O) groups excluding carboxylic acids is 2. The summed E-state index contributed by atoms with van der Waals surface area (Å²) in [5.41, 5.74) is 2.60. The largest absolute Gasteiger partial charge is 0.346 e. The van der Waals surface area contributed by atoms with Gasteiger partial charge in [0, 0.05) is 19.1 Å². The lowest BCUT2D eigenvalue weighted by Gasteiger charge is -2.27. The third kappa shape index (κ3) is 4.21. The Balaban J connectivity index is 1.56. The molecule has 1 aliphatic heterocycles. The minimum absolute atomic E-state index is 0.000520. The molecule has 1 aromatic carbocycles. The van der Waals surface area contributed by atoms with Crippen LogP contribution in [0.3, 0.4) is 0 Å². The minimum atomic E-state index is -0.146. The van der Waals surface area contributed by atoms with Crippen molar-refractivity contribution >= 4 is 11.8 Å². The van der Waals surface area contributed by atoms with E-state index in [9.17, 15) is 9.59 Å². The highest BCUT2D eigenvalue weighted by Gasteiger charge is 2.28. The van der Waals surface area contributed by atoms with Gasteiger partial charge in [-0.25, -0.2) is 0 Å². The average Bonchev–Trinajstić information content (AvgIpc) is 3.29. The van der Waals surface area contributed by atoms with Crippen LogP contribution in [-0.2, 0) is 16.0 Å². The SMILES string of the molecule is C#CCN(CC(=O)NCC(=O)N1CCCC1)[C@H]1CCc2ccccc21. The molecule has 0 radical (unpaired) electrons. The summed E-state index contributed by atoms with van der Waals surface area (Å²) in [6.45, 7) is 2.32. The third-order valence-electron chi connectivity index (χ3n) is 5.08. The van der Waals surface area contributed by atoms with E-state index < -0.39 is 0 Å². The molecule has 0 spiro atoms. The Morgan fingerprint density at radius 1 is 1.28 bits per heavy atom. The van der Waals surface area contributed by atoms with E-state index in [0.717, 1.165) is 38.8 Å². The summed E-state index contributed by atoms with van der Waals surface area (Å²) in [7, 11) is 0. The van der Waals surface area contributed by atoms with E-state index in [0.29, 0.717) is 6.54 Å². The number of likely N-dealkylation sites (tertiary alicyclic amines) is 1. The zero-order valence-electron chi connectivity index (χ0n) is 14.5. The predicted octanol–water partition coefficient (Wildman–Crippen LogP) is 1.35. The van der Waals surface area contributed by atoms with Gasteiger partial charge in [0.05, 0.1) is 19.6 Å². The number of carbonyl (C=O) groups is 2. The van der Waals surface area contributed by atoms with Gasteiger partial charge in [-0.05, 0) is 36.8 Å². The summed E-state index contributed by atoms with van der Waals surface area (Å²) in [4.78, 5) is 28.2. The molecule has 25 heavy (non-hydrogen) atoms. The molecule has 2 amide bonds. The molecule has 1 aliphatic carbocycles. The number of nitrogens with one attached hydrogen (secondary N) is 1. The van der Waals surface area contributed by atoms with Gasteiger partial charge in [0.15, 0.2) is 0 Å². The van der Waals surface area contributed by atoms with E-state index in [1.54, 1.807) is 0 Å². The second kappa shape index (κ2) is 8.17. The molecule has 1 N–H and O–H groups in total. The first kappa shape index (κ1) is 17.5. The van der Waals surface area contributed by atoms with Gasteiger partial charge in [-0.3, -0.25) is 14.5 Å².